The van der Waals surface area contributed by atoms with E-state index in [-0.39, 0.29) is 24.3 Å². The normalized spacial score (nSPS) is 17.9. The van der Waals surface area contributed by atoms with E-state index in [9.17, 15) is 22.4 Å². The number of aromatic nitrogens is 3. The van der Waals surface area contributed by atoms with Crippen molar-refractivity contribution in [2.75, 3.05) is 17.2 Å². The zero-order valence-corrected chi connectivity index (χ0v) is 13.1. The molecule has 1 amide bonds. The van der Waals surface area contributed by atoms with Crippen LogP contribution in [0, 0.1) is 17.2 Å². The number of rotatable bonds is 4. The molecule has 0 aliphatic carbocycles. The topological polar surface area (TPSA) is 109 Å². The van der Waals surface area contributed by atoms with E-state index in [0.29, 0.717) is 5.82 Å². The van der Waals surface area contributed by atoms with Gasteiger partial charge in [-0.1, -0.05) is 6.07 Å². The molecule has 1 aliphatic rings. The van der Waals surface area contributed by atoms with Gasteiger partial charge in [0.05, 0.1) is 11.9 Å². The van der Waals surface area contributed by atoms with Gasteiger partial charge in [0.25, 0.3) is 0 Å². The molecule has 0 radical (unpaired) electrons. The van der Waals surface area contributed by atoms with Gasteiger partial charge in [-0.25, -0.2) is 4.98 Å². The predicted octanol–water partition coefficient (Wildman–Crippen LogP) is 0.791. The van der Waals surface area contributed by atoms with Crippen molar-refractivity contribution in [2.24, 2.45) is 5.92 Å². The van der Waals surface area contributed by atoms with Crippen LogP contribution in [0.4, 0.5) is 9.70 Å². The van der Waals surface area contributed by atoms with Gasteiger partial charge in [-0.2, -0.15) is 23.5 Å². The molecule has 3 rings (SSSR count). The molecule has 0 bridgehead atoms. The SMILES string of the molecule is N#Cc1cnn(-c2ccccn2)c1N1CC(CS(=O)(=O)F)CC1=O. The molecule has 3 heterocycles. The third-order valence-electron chi connectivity index (χ3n) is 3.63. The third kappa shape index (κ3) is 3.11. The van der Waals surface area contributed by atoms with Crippen molar-refractivity contribution < 1.29 is 17.1 Å². The van der Waals surface area contributed by atoms with Crippen LogP contribution in [0.1, 0.15) is 12.0 Å². The molecular formula is C14H12FN5O3S. The minimum absolute atomic E-state index is 0.00477. The summed E-state index contributed by atoms with van der Waals surface area (Å²) in [6.45, 7) is -0.00477. The first-order valence-electron chi connectivity index (χ1n) is 7.01. The minimum Gasteiger partial charge on any atom is -0.295 e. The molecule has 8 nitrogen and oxygen atoms in total. The van der Waals surface area contributed by atoms with E-state index in [2.05, 4.69) is 10.1 Å². The Morgan fingerprint density at radius 2 is 2.21 bits per heavy atom. The first-order chi connectivity index (χ1) is 11.4. The van der Waals surface area contributed by atoms with E-state index >= 15 is 0 Å². The molecule has 1 saturated heterocycles. The van der Waals surface area contributed by atoms with E-state index in [1.807, 2.05) is 6.07 Å². The number of pyridine rings is 1. The number of nitriles is 1. The van der Waals surface area contributed by atoms with Crippen LogP contribution in [0.25, 0.3) is 5.82 Å². The van der Waals surface area contributed by atoms with E-state index in [1.165, 1.54) is 22.0 Å². The van der Waals surface area contributed by atoms with E-state index in [0.717, 1.165) is 0 Å². The largest absolute Gasteiger partial charge is 0.302 e. The number of hydrogen-bond acceptors (Lipinski definition) is 6. The number of anilines is 1. The zero-order valence-electron chi connectivity index (χ0n) is 12.3. The molecule has 0 aromatic carbocycles. The van der Waals surface area contributed by atoms with Crippen molar-refractivity contribution in [2.45, 2.75) is 6.42 Å². The van der Waals surface area contributed by atoms with Gasteiger partial charge in [0.2, 0.25) is 5.91 Å². The maximum atomic E-state index is 12.9. The van der Waals surface area contributed by atoms with Gasteiger partial charge >= 0.3 is 10.2 Å². The molecule has 124 valence electrons. The fourth-order valence-electron chi connectivity index (χ4n) is 2.71. The molecule has 1 atom stereocenters. The maximum absolute atomic E-state index is 12.9. The molecule has 10 heteroatoms. The van der Waals surface area contributed by atoms with Gasteiger partial charge in [-0.3, -0.25) is 9.69 Å². The molecule has 2 aromatic heterocycles. The second-order valence-electron chi connectivity index (χ2n) is 5.37. The van der Waals surface area contributed by atoms with Crippen molar-refractivity contribution >= 4 is 21.9 Å². The number of hydrogen-bond donors (Lipinski definition) is 0. The molecule has 2 aromatic rings. The monoisotopic (exact) mass is 349 g/mol. The summed E-state index contributed by atoms with van der Waals surface area (Å²) in [4.78, 5) is 17.6. The Hall–Kier alpha value is -2.80. The first kappa shape index (κ1) is 16.1. The summed E-state index contributed by atoms with van der Waals surface area (Å²) in [5, 5.41) is 13.3. The molecular weight excluding hydrogens is 337 g/mol. The van der Waals surface area contributed by atoms with Crippen LogP contribution < -0.4 is 4.90 Å². The number of amides is 1. The Morgan fingerprint density at radius 1 is 1.42 bits per heavy atom. The second-order valence-corrected chi connectivity index (χ2v) is 6.78. The first-order valence-corrected chi connectivity index (χ1v) is 8.56. The van der Waals surface area contributed by atoms with Crippen molar-refractivity contribution in [3.05, 3.63) is 36.2 Å². The lowest BCUT2D eigenvalue weighted by Crippen LogP contribution is -2.28. The lowest BCUT2D eigenvalue weighted by molar-refractivity contribution is -0.117. The zero-order chi connectivity index (χ0) is 17.3. The number of nitrogens with zero attached hydrogens (tertiary/aromatic N) is 5. The van der Waals surface area contributed by atoms with Gasteiger partial charge < -0.3 is 0 Å². The van der Waals surface area contributed by atoms with Gasteiger partial charge in [-0.15, -0.1) is 3.89 Å². The average Bonchev–Trinajstić information content (AvgIpc) is 3.09. The van der Waals surface area contributed by atoms with Gasteiger partial charge in [0.1, 0.15) is 11.6 Å². The highest BCUT2D eigenvalue weighted by molar-refractivity contribution is 7.86. The number of carbonyl (C=O) groups is 1. The lowest BCUT2D eigenvalue weighted by atomic mass is 10.1. The Morgan fingerprint density at radius 3 is 2.83 bits per heavy atom. The summed E-state index contributed by atoms with van der Waals surface area (Å²) in [6, 6.07) is 7.04. The van der Waals surface area contributed by atoms with E-state index in [4.69, 9.17) is 0 Å². The van der Waals surface area contributed by atoms with Crippen molar-refractivity contribution in [1.82, 2.24) is 14.8 Å². The smallest absolute Gasteiger partial charge is 0.295 e. The Bertz CT molecular complexity index is 920. The van der Waals surface area contributed by atoms with Crippen molar-refractivity contribution in [3.63, 3.8) is 0 Å². The van der Waals surface area contributed by atoms with Gasteiger partial charge in [-0.05, 0) is 12.1 Å². The van der Waals surface area contributed by atoms with Gasteiger partial charge in [0, 0.05) is 25.1 Å². The second kappa shape index (κ2) is 6.01. The van der Waals surface area contributed by atoms with E-state index < -0.39 is 27.8 Å². The van der Waals surface area contributed by atoms with Crippen molar-refractivity contribution in [3.8, 4) is 11.9 Å². The van der Waals surface area contributed by atoms with E-state index in [1.54, 1.807) is 18.2 Å². The molecule has 1 fully saturated rings. The summed E-state index contributed by atoms with van der Waals surface area (Å²) >= 11 is 0. The van der Waals surface area contributed by atoms with Crippen LogP contribution in [0.15, 0.2) is 30.6 Å². The van der Waals surface area contributed by atoms with Gasteiger partial charge in [0.15, 0.2) is 11.6 Å². The molecule has 24 heavy (non-hydrogen) atoms. The standard InChI is InChI=1S/C14H12FN5O3S/c15-24(22,23)9-10-5-13(21)19(8-10)14-11(6-16)7-18-20(14)12-3-1-2-4-17-12/h1-4,7,10H,5,8-9H2. The fraction of sp³-hybridized carbons (Fsp3) is 0.286. The summed E-state index contributed by atoms with van der Waals surface area (Å²) in [7, 11) is -4.68. The van der Waals surface area contributed by atoms with Crippen LogP contribution in [-0.4, -0.2) is 41.4 Å². The number of carbonyl (C=O) groups excluding carboxylic acids is 1. The Labute approximate surface area is 137 Å². The molecule has 0 N–H and O–H groups in total. The summed E-state index contributed by atoms with van der Waals surface area (Å²) in [5.74, 6) is -1.18. The van der Waals surface area contributed by atoms with Crippen LogP contribution in [0.5, 0.6) is 0 Å². The molecule has 0 saturated carbocycles. The fourth-order valence-corrected chi connectivity index (χ4v) is 3.49. The highest BCUT2D eigenvalue weighted by atomic mass is 32.3. The van der Waals surface area contributed by atoms with Crippen LogP contribution in [0.2, 0.25) is 0 Å². The third-order valence-corrected chi connectivity index (χ3v) is 4.50. The summed E-state index contributed by atoms with van der Waals surface area (Å²) in [5.41, 5.74) is 0.151. The minimum atomic E-state index is -4.68. The van der Waals surface area contributed by atoms with Crippen LogP contribution in [-0.2, 0) is 15.0 Å². The highest BCUT2D eigenvalue weighted by Crippen LogP contribution is 2.30. The van der Waals surface area contributed by atoms with Crippen LogP contribution in [0.3, 0.4) is 0 Å². The molecule has 1 aliphatic heterocycles. The number of halogens is 1. The maximum Gasteiger partial charge on any atom is 0.302 e. The average molecular weight is 349 g/mol. The summed E-state index contributed by atoms with van der Waals surface area (Å²) in [6.07, 6.45) is 2.73. The quantitative estimate of drug-likeness (QED) is 0.755. The molecule has 0 spiro atoms. The highest BCUT2D eigenvalue weighted by Gasteiger charge is 2.36. The Kier molecular flexibility index (Phi) is 4.02. The summed E-state index contributed by atoms with van der Waals surface area (Å²) < 4.78 is 35.9. The Balaban J connectivity index is 1.99. The van der Waals surface area contributed by atoms with Crippen LogP contribution >= 0.6 is 0 Å². The lowest BCUT2D eigenvalue weighted by Gasteiger charge is -2.18. The molecule has 1 unspecified atom stereocenters. The predicted molar refractivity (Wildman–Crippen MR) is 81.4 cm³/mol. The van der Waals surface area contributed by atoms with Crippen molar-refractivity contribution in [1.29, 1.82) is 5.26 Å².